The molecule has 0 radical (unpaired) electrons. The number of aromatic nitrogens is 2. The Morgan fingerprint density at radius 1 is 1.00 bits per heavy atom. The highest BCUT2D eigenvalue weighted by Crippen LogP contribution is 2.44. The summed E-state index contributed by atoms with van der Waals surface area (Å²) < 4.78 is 14.7. The number of benzene rings is 2. The minimum absolute atomic E-state index is 0.0191. The quantitative estimate of drug-likeness (QED) is 0.394. The number of nitrogens with one attached hydrogen (secondary N) is 1. The zero-order valence-corrected chi connectivity index (χ0v) is 26.3. The Morgan fingerprint density at radius 2 is 1.74 bits per heavy atom. The first-order valence-electron chi connectivity index (χ1n) is 15.6. The molecule has 2 atom stereocenters. The molecular weight excluding hydrogens is 541 g/mol. The van der Waals surface area contributed by atoms with E-state index in [1.54, 1.807) is 30.4 Å². The van der Waals surface area contributed by atoms with Gasteiger partial charge in [0.15, 0.2) is 0 Å². The van der Waals surface area contributed by atoms with Crippen molar-refractivity contribution in [2.45, 2.75) is 70.4 Å². The van der Waals surface area contributed by atoms with Crippen LogP contribution in [0.15, 0.2) is 65.7 Å². The van der Waals surface area contributed by atoms with E-state index in [-0.39, 0.29) is 17.4 Å². The fourth-order valence-corrected chi connectivity index (χ4v) is 6.87. The standard InChI is InChI=1S/C13H17FN2O.C12H12N2O.C10H19N/c1-15-12-5-6-16(9-17)13(8-12)10-3-2-4-11(14)7-10;1-9-5-3-4-6-10(9)11-7-12(15)14(2)8-13-11;1-11-8-4-7-10(9-11)5-2-3-6-10/h2-4,7,9,12-13,15H,5-6,8H2,1H3;3-8H,1-2H3;2-9H2,1H3. The Labute approximate surface area is 256 Å². The molecule has 43 heavy (non-hydrogen) atoms. The van der Waals surface area contributed by atoms with Crippen molar-refractivity contribution in [1.29, 1.82) is 0 Å². The van der Waals surface area contributed by atoms with E-state index in [1.807, 2.05) is 44.3 Å². The fraction of sp³-hybridized carbons (Fsp3) is 0.514. The Kier molecular flexibility index (Phi) is 11.7. The van der Waals surface area contributed by atoms with Crippen LogP contribution < -0.4 is 10.9 Å². The van der Waals surface area contributed by atoms with Gasteiger partial charge in [0, 0.05) is 37.8 Å². The van der Waals surface area contributed by atoms with Gasteiger partial charge in [-0.1, -0.05) is 49.2 Å². The smallest absolute Gasteiger partial charge is 0.253 e. The second-order valence-electron chi connectivity index (χ2n) is 12.5. The van der Waals surface area contributed by atoms with E-state index in [1.165, 1.54) is 68.3 Å². The van der Waals surface area contributed by atoms with Gasteiger partial charge in [-0.05, 0) is 94.8 Å². The largest absolute Gasteiger partial charge is 0.338 e. The second kappa shape index (κ2) is 15.4. The number of piperidine rings is 2. The van der Waals surface area contributed by atoms with Gasteiger partial charge in [0.25, 0.3) is 5.56 Å². The molecule has 0 bridgehead atoms. The average Bonchev–Trinajstić information content (AvgIpc) is 3.46. The lowest BCUT2D eigenvalue weighted by molar-refractivity contribution is -0.121. The van der Waals surface area contributed by atoms with Crippen molar-refractivity contribution >= 4 is 6.41 Å². The number of aryl methyl sites for hydroxylation is 2. The molecule has 2 saturated heterocycles. The van der Waals surface area contributed by atoms with Gasteiger partial charge >= 0.3 is 0 Å². The Morgan fingerprint density at radius 3 is 2.40 bits per heavy atom. The summed E-state index contributed by atoms with van der Waals surface area (Å²) in [4.78, 5) is 31.0. The molecule has 3 aliphatic rings. The van der Waals surface area contributed by atoms with Crippen LogP contribution in [0.25, 0.3) is 11.3 Å². The van der Waals surface area contributed by atoms with E-state index >= 15 is 0 Å². The summed E-state index contributed by atoms with van der Waals surface area (Å²) in [7, 11) is 5.89. The van der Waals surface area contributed by atoms with E-state index in [9.17, 15) is 14.0 Å². The monoisotopic (exact) mass is 589 g/mol. The van der Waals surface area contributed by atoms with Gasteiger partial charge in [-0.3, -0.25) is 9.59 Å². The molecule has 1 spiro atoms. The molecule has 3 heterocycles. The van der Waals surface area contributed by atoms with Crippen molar-refractivity contribution in [2.24, 2.45) is 12.5 Å². The summed E-state index contributed by atoms with van der Waals surface area (Å²) >= 11 is 0. The number of hydrogen-bond acceptors (Lipinski definition) is 5. The highest BCUT2D eigenvalue weighted by atomic mass is 19.1. The van der Waals surface area contributed by atoms with Gasteiger partial charge in [-0.25, -0.2) is 9.37 Å². The lowest BCUT2D eigenvalue weighted by Crippen LogP contribution is -2.42. The van der Waals surface area contributed by atoms with Crippen molar-refractivity contribution in [3.05, 3.63) is 88.2 Å². The van der Waals surface area contributed by atoms with Gasteiger partial charge in [-0.15, -0.1) is 0 Å². The number of hydrogen-bond donors (Lipinski definition) is 1. The molecule has 1 saturated carbocycles. The van der Waals surface area contributed by atoms with Gasteiger partial charge in [-0.2, -0.15) is 0 Å². The highest BCUT2D eigenvalue weighted by Gasteiger charge is 2.36. The predicted octanol–water partition coefficient (Wildman–Crippen LogP) is 5.74. The topological polar surface area (TPSA) is 70.5 Å². The van der Waals surface area contributed by atoms with E-state index in [4.69, 9.17) is 0 Å². The number of nitrogens with zero attached hydrogens (tertiary/aromatic N) is 4. The van der Waals surface area contributed by atoms with Crippen molar-refractivity contribution in [3.63, 3.8) is 0 Å². The zero-order chi connectivity index (χ0) is 30.8. The first-order valence-corrected chi connectivity index (χ1v) is 15.6. The Hall–Kier alpha value is -3.36. The van der Waals surface area contributed by atoms with Crippen LogP contribution in [-0.4, -0.2) is 65.5 Å². The zero-order valence-electron chi connectivity index (χ0n) is 26.3. The molecule has 232 valence electrons. The molecule has 1 aliphatic carbocycles. The third-order valence-corrected chi connectivity index (χ3v) is 9.34. The molecule has 1 amide bonds. The average molecular weight is 590 g/mol. The molecule has 6 rings (SSSR count). The molecule has 7 nitrogen and oxygen atoms in total. The van der Waals surface area contributed by atoms with Gasteiger partial charge in [0.1, 0.15) is 5.82 Å². The van der Waals surface area contributed by atoms with Crippen LogP contribution in [0.1, 0.15) is 68.5 Å². The molecule has 3 aromatic rings. The van der Waals surface area contributed by atoms with Crippen molar-refractivity contribution in [1.82, 2.24) is 24.7 Å². The molecule has 1 aromatic heterocycles. The van der Waals surface area contributed by atoms with Crippen LogP contribution in [-0.2, 0) is 11.8 Å². The summed E-state index contributed by atoms with van der Waals surface area (Å²) in [6.07, 6.45) is 13.1. The third-order valence-electron chi connectivity index (χ3n) is 9.34. The SMILES string of the molecule is CN1CCCC2(CCCC2)C1.CNC1CCN(C=O)C(c2cccc(F)c2)C1.Cc1ccccc1-c1cc(=O)n(C)cn1. The minimum Gasteiger partial charge on any atom is -0.338 e. The first kappa shape index (κ1) is 32.6. The van der Waals surface area contributed by atoms with Crippen LogP contribution >= 0.6 is 0 Å². The van der Waals surface area contributed by atoms with Crippen LogP contribution in [0.5, 0.6) is 0 Å². The molecule has 8 heteroatoms. The molecule has 3 fully saturated rings. The van der Waals surface area contributed by atoms with Crippen molar-refractivity contribution in [2.75, 3.05) is 33.7 Å². The summed E-state index contributed by atoms with van der Waals surface area (Å²) in [5, 5.41) is 3.23. The minimum atomic E-state index is -0.250. The summed E-state index contributed by atoms with van der Waals surface area (Å²) in [5.41, 5.74) is 4.47. The van der Waals surface area contributed by atoms with Crippen molar-refractivity contribution in [3.8, 4) is 11.3 Å². The maximum Gasteiger partial charge on any atom is 0.253 e. The van der Waals surface area contributed by atoms with E-state index in [0.717, 1.165) is 53.6 Å². The van der Waals surface area contributed by atoms with Gasteiger partial charge in [0.2, 0.25) is 6.41 Å². The number of amides is 1. The maximum absolute atomic E-state index is 13.2. The van der Waals surface area contributed by atoms with E-state index in [2.05, 4.69) is 22.2 Å². The summed E-state index contributed by atoms with van der Waals surface area (Å²) in [6, 6.07) is 16.3. The number of carbonyl (C=O) groups is 1. The predicted molar refractivity (Wildman–Crippen MR) is 171 cm³/mol. The lowest BCUT2D eigenvalue weighted by atomic mass is 9.79. The van der Waals surface area contributed by atoms with Gasteiger partial charge in [0.05, 0.1) is 18.1 Å². The number of rotatable bonds is 4. The number of carbonyl (C=O) groups excluding carboxylic acids is 1. The van der Waals surface area contributed by atoms with Gasteiger partial charge < -0.3 is 19.7 Å². The van der Waals surface area contributed by atoms with Crippen LogP contribution in [0.2, 0.25) is 0 Å². The highest BCUT2D eigenvalue weighted by molar-refractivity contribution is 5.62. The third kappa shape index (κ3) is 8.83. The molecule has 2 aromatic carbocycles. The molecule has 2 unspecified atom stereocenters. The van der Waals surface area contributed by atoms with Crippen LogP contribution in [0, 0.1) is 18.2 Å². The first-order chi connectivity index (χ1) is 20.7. The Bertz CT molecular complexity index is 1390. The molecular formula is C35H48FN5O2. The molecule has 1 N–H and O–H groups in total. The number of halogens is 1. The summed E-state index contributed by atoms with van der Waals surface area (Å²) in [5.74, 6) is -0.250. The van der Waals surface area contributed by atoms with Crippen LogP contribution in [0.3, 0.4) is 0 Å². The molecule has 2 aliphatic heterocycles. The maximum atomic E-state index is 13.2. The summed E-state index contributed by atoms with van der Waals surface area (Å²) in [6.45, 7) is 5.44. The Balaban J connectivity index is 0.000000151. The fourth-order valence-electron chi connectivity index (χ4n) is 6.87. The lowest BCUT2D eigenvalue weighted by Gasteiger charge is -2.38. The normalized spacial score (nSPS) is 21.4. The number of likely N-dealkylation sites (tertiary alicyclic amines) is 2. The van der Waals surface area contributed by atoms with Crippen molar-refractivity contribution < 1.29 is 9.18 Å². The van der Waals surface area contributed by atoms with Crippen LogP contribution in [0.4, 0.5) is 4.39 Å². The van der Waals surface area contributed by atoms with E-state index < -0.39 is 0 Å². The second-order valence-corrected chi connectivity index (χ2v) is 12.5. The van der Waals surface area contributed by atoms with E-state index in [0.29, 0.717) is 6.04 Å².